The van der Waals surface area contributed by atoms with E-state index in [1.807, 2.05) is 7.05 Å². The van der Waals surface area contributed by atoms with Gasteiger partial charge in [0, 0.05) is 13.5 Å². The number of carbonyl (C=O) groups is 1. The van der Waals surface area contributed by atoms with E-state index in [0.29, 0.717) is 13.0 Å². The molecule has 4 nitrogen and oxygen atoms in total. The molecular weight excluding hydrogens is 247 g/mol. The second kappa shape index (κ2) is 8.48. The van der Waals surface area contributed by atoms with Gasteiger partial charge in [0.15, 0.2) is 11.6 Å². The van der Waals surface area contributed by atoms with E-state index in [2.05, 4.69) is 5.32 Å². The van der Waals surface area contributed by atoms with Crippen LogP contribution >= 0.6 is 0 Å². The van der Waals surface area contributed by atoms with Gasteiger partial charge in [0.1, 0.15) is 6.61 Å². The van der Waals surface area contributed by atoms with E-state index in [9.17, 15) is 9.18 Å². The van der Waals surface area contributed by atoms with E-state index in [-0.39, 0.29) is 24.1 Å². The van der Waals surface area contributed by atoms with Crippen molar-refractivity contribution in [1.29, 1.82) is 0 Å². The van der Waals surface area contributed by atoms with E-state index in [0.717, 1.165) is 13.0 Å². The largest absolute Gasteiger partial charge is 0.489 e. The third kappa shape index (κ3) is 5.70. The molecule has 1 N–H and O–H groups in total. The highest BCUT2D eigenvalue weighted by Gasteiger charge is 2.08. The van der Waals surface area contributed by atoms with Gasteiger partial charge in [-0.3, -0.25) is 4.79 Å². The average molecular weight is 268 g/mol. The molecule has 0 aliphatic rings. The Hall–Kier alpha value is -1.62. The molecule has 0 aromatic heterocycles. The van der Waals surface area contributed by atoms with Crippen molar-refractivity contribution in [3.8, 4) is 5.75 Å². The summed E-state index contributed by atoms with van der Waals surface area (Å²) in [6.45, 7) is 1.56. The topological polar surface area (TPSA) is 41.6 Å². The van der Waals surface area contributed by atoms with Gasteiger partial charge < -0.3 is 15.0 Å². The minimum Gasteiger partial charge on any atom is -0.489 e. The molecule has 1 aromatic rings. The van der Waals surface area contributed by atoms with Gasteiger partial charge in [0.25, 0.3) is 0 Å². The molecule has 0 saturated heterocycles. The molecule has 1 rings (SSSR count). The number of halogens is 1. The summed E-state index contributed by atoms with van der Waals surface area (Å²) in [5.41, 5.74) is 0. The molecule has 0 radical (unpaired) electrons. The normalized spacial score (nSPS) is 10.3. The average Bonchev–Trinajstić information content (AvgIpc) is 2.41. The fourth-order valence-electron chi connectivity index (χ4n) is 1.59. The van der Waals surface area contributed by atoms with Crippen LogP contribution in [0.25, 0.3) is 0 Å². The number of ether oxygens (including phenoxy) is 1. The zero-order valence-corrected chi connectivity index (χ0v) is 11.5. The first kappa shape index (κ1) is 15.4. The fourth-order valence-corrected chi connectivity index (χ4v) is 1.59. The van der Waals surface area contributed by atoms with Gasteiger partial charge in [-0.25, -0.2) is 4.39 Å². The minimum absolute atomic E-state index is 0.0763. The van der Waals surface area contributed by atoms with Crippen LogP contribution in [0, 0.1) is 5.82 Å². The number of rotatable bonds is 8. The summed E-state index contributed by atoms with van der Waals surface area (Å²) in [4.78, 5) is 13.3. The third-order valence-corrected chi connectivity index (χ3v) is 2.76. The van der Waals surface area contributed by atoms with Crippen LogP contribution in [0.15, 0.2) is 24.3 Å². The quantitative estimate of drug-likeness (QED) is 0.729. The number of amides is 1. The lowest BCUT2D eigenvalue weighted by Gasteiger charge is -2.17. The Labute approximate surface area is 113 Å². The molecule has 0 aliphatic carbocycles. The van der Waals surface area contributed by atoms with E-state index in [4.69, 9.17) is 4.74 Å². The van der Waals surface area contributed by atoms with Crippen LogP contribution in [0.4, 0.5) is 4.39 Å². The van der Waals surface area contributed by atoms with Gasteiger partial charge in [0.2, 0.25) is 5.91 Å². The number of nitrogens with zero attached hydrogens (tertiary/aromatic N) is 1. The van der Waals surface area contributed by atoms with Crippen molar-refractivity contribution in [2.24, 2.45) is 0 Å². The highest BCUT2D eigenvalue weighted by Crippen LogP contribution is 2.14. The zero-order valence-electron chi connectivity index (χ0n) is 11.5. The van der Waals surface area contributed by atoms with Crippen LogP contribution in [0.1, 0.15) is 12.8 Å². The van der Waals surface area contributed by atoms with Crippen LogP contribution in [-0.4, -0.2) is 44.6 Å². The number of nitrogens with one attached hydrogen (secondary N) is 1. The lowest BCUT2D eigenvalue weighted by atomic mass is 10.3. The Morgan fingerprint density at radius 3 is 2.84 bits per heavy atom. The summed E-state index contributed by atoms with van der Waals surface area (Å²) in [5, 5.41) is 3.00. The van der Waals surface area contributed by atoms with Gasteiger partial charge in [-0.1, -0.05) is 12.1 Å². The standard InChI is InChI=1S/C14H21FN2O2/c1-16-9-5-8-14(18)17(2)10-11-19-13-7-4-3-6-12(13)15/h3-4,6-7,16H,5,8-11H2,1-2H3. The van der Waals surface area contributed by atoms with Crippen molar-refractivity contribution in [3.05, 3.63) is 30.1 Å². The first-order valence-corrected chi connectivity index (χ1v) is 6.41. The molecule has 1 aromatic carbocycles. The molecule has 0 heterocycles. The maximum atomic E-state index is 13.3. The molecule has 0 fully saturated rings. The molecule has 19 heavy (non-hydrogen) atoms. The lowest BCUT2D eigenvalue weighted by Crippen LogP contribution is -2.31. The third-order valence-electron chi connectivity index (χ3n) is 2.76. The van der Waals surface area contributed by atoms with Gasteiger partial charge in [-0.2, -0.15) is 0 Å². The number of likely N-dealkylation sites (N-methyl/N-ethyl adjacent to an activating group) is 1. The summed E-state index contributed by atoms with van der Waals surface area (Å²) in [6.07, 6.45) is 1.32. The molecule has 0 saturated carbocycles. The van der Waals surface area contributed by atoms with Crippen LogP contribution in [-0.2, 0) is 4.79 Å². The molecule has 5 heteroatoms. The van der Waals surface area contributed by atoms with Crippen LogP contribution < -0.4 is 10.1 Å². The van der Waals surface area contributed by atoms with Crippen LogP contribution in [0.5, 0.6) is 5.75 Å². The molecule has 0 unspecified atom stereocenters. The molecule has 1 amide bonds. The van der Waals surface area contributed by atoms with Crippen molar-refractivity contribution in [3.63, 3.8) is 0 Å². The summed E-state index contributed by atoms with van der Waals surface area (Å²) in [6, 6.07) is 6.25. The lowest BCUT2D eigenvalue weighted by molar-refractivity contribution is -0.130. The summed E-state index contributed by atoms with van der Waals surface area (Å²) in [7, 11) is 3.59. The smallest absolute Gasteiger partial charge is 0.222 e. The van der Waals surface area contributed by atoms with Crippen LogP contribution in [0.2, 0.25) is 0 Å². The molecule has 0 bridgehead atoms. The molecule has 0 spiro atoms. The van der Waals surface area contributed by atoms with E-state index in [1.54, 1.807) is 30.1 Å². The van der Waals surface area contributed by atoms with Gasteiger partial charge in [-0.15, -0.1) is 0 Å². The SMILES string of the molecule is CNCCCC(=O)N(C)CCOc1ccccc1F. The number of benzene rings is 1. The predicted molar refractivity (Wildman–Crippen MR) is 72.7 cm³/mol. The van der Waals surface area contributed by atoms with E-state index in [1.165, 1.54) is 6.07 Å². The number of carbonyl (C=O) groups excluding carboxylic acids is 1. The number of hydrogen-bond acceptors (Lipinski definition) is 3. The summed E-state index contributed by atoms with van der Waals surface area (Å²) < 4.78 is 18.6. The highest BCUT2D eigenvalue weighted by atomic mass is 19.1. The minimum atomic E-state index is -0.384. The Bertz CT molecular complexity index is 399. The first-order chi connectivity index (χ1) is 9.15. The Balaban J connectivity index is 2.25. The predicted octanol–water partition coefficient (Wildman–Crippen LogP) is 1.66. The van der Waals surface area contributed by atoms with Crippen LogP contribution in [0.3, 0.4) is 0 Å². The first-order valence-electron chi connectivity index (χ1n) is 6.41. The summed E-state index contributed by atoms with van der Waals surface area (Å²) >= 11 is 0. The Kier molecular flexibility index (Phi) is 6.89. The number of hydrogen-bond donors (Lipinski definition) is 1. The second-order valence-electron chi connectivity index (χ2n) is 4.30. The van der Waals surface area contributed by atoms with Gasteiger partial charge in [0.05, 0.1) is 6.54 Å². The Morgan fingerprint density at radius 2 is 2.16 bits per heavy atom. The van der Waals surface area contributed by atoms with Gasteiger partial charge >= 0.3 is 0 Å². The van der Waals surface area contributed by atoms with Crippen molar-refractivity contribution in [2.75, 3.05) is 33.8 Å². The van der Waals surface area contributed by atoms with Crippen molar-refractivity contribution in [1.82, 2.24) is 10.2 Å². The number of para-hydroxylation sites is 1. The molecule has 0 aliphatic heterocycles. The maximum absolute atomic E-state index is 13.3. The molecule has 0 atom stereocenters. The summed E-state index contributed by atoms with van der Waals surface area (Å²) in [5.74, 6) is -0.0867. The fraction of sp³-hybridized carbons (Fsp3) is 0.500. The highest BCUT2D eigenvalue weighted by molar-refractivity contribution is 5.75. The maximum Gasteiger partial charge on any atom is 0.222 e. The van der Waals surface area contributed by atoms with E-state index < -0.39 is 0 Å². The Morgan fingerprint density at radius 1 is 1.42 bits per heavy atom. The van der Waals surface area contributed by atoms with Crippen molar-refractivity contribution < 1.29 is 13.9 Å². The van der Waals surface area contributed by atoms with Crippen molar-refractivity contribution in [2.45, 2.75) is 12.8 Å². The second-order valence-corrected chi connectivity index (χ2v) is 4.30. The van der Waals surface area contributed by atoms with E-state index >= 15 is 0 Å². The van der Waals surface area contributed by atoms with Crippen molar-refractivity contribution >= 4 is 5.91 Å². The zero-order chi connectivity index (χ0) is 14.1. The molecular formula is C14H21FN2O2. The molecule has 106 valence electrons. The monoisotopic (exact) mass is 268 g/mol. The van der Waals surface area contributed by atoms with Gasteiger partial charge in [-0.05, 0) is 32.1 Å².